The van der Waals surface area contributed by atoms with Gasteiger partial charge < -0.3 is 10.6 Å². The summed E-state index contributed by atoms with van der Waals surface area (Å²) in [6, 6.07) is 8.55. The lowest BCUT2D eigenvalue weighted by Gasteiger charge is -2.38. The van der Waals surface area contributed by atoms with Crippen LogP contribution >= 0.6 is 15.9 Å². The number of hydrogen-bond acceptors (Lipinski definition) is 3. The van der Waals surface area contributed by atoms with Crippen LogP contribution in [-0.2, 0) is 4.79 Å². The van der Waals surface area contributed by atoms with Gasteiger partial charge in [0.15, 0.2) is 0 Å². The van der Waals surface area contributed by atoms with E-state index in [-0.39, 0.29) is 11.9 Å². The van der Waals surface area contributed by atoms with Crippen LogP contribution in [0.1, 0.15) is 18.5 Å². The number of carbonyl (C=O) groups excluding carboxylic acids is 1. The third-order valence-electron chi connectivity index (χ3n) is 3.68. The molecule has 1 amide bonds. The third kappa shape index (κ3) is 3.55. The van der Waals surface area contributed by atoms with Crippen molar-refractivity contribution in [3.63, 3.8) is 0 Å². The monoisotopic (exact) mass is 325 g/mol. The topological polar surface area (TPSA) is 49.6 Å². The molecule has 104 valence electrons. The zero-order valence-corrected chi connectivity index (χ0v) is 12.8. The summed E-state index contributed by atoms with van der Waals surface area (Å²) in [5.41, 5.74) is 7.17. The van der Waals surface area contributed by atoms with Gasteiger partial charge >= 0.3 is 0 Å². The second-order valence-corrected chi connectivity index (χ2v) is 5.76. The minimum Gasteiger partial charge on any atom is -0.340 e. The second-order valence-electron chi connectivity index (χ2n) is 4.85. The van der Waals surface area contributed by atoms with Gasteiger partial charge in [0.2, 0.25) is 5.91 Å². The highest BCUT2D eigenvalue weighted by Crippen LogP contribution is 2.23. The number of piperazine rings is 1. The number of hydrogen-bond donors (Lipinski definition) is 1. The first-order valence-electron chi connectivity index (χ1n) is 6.57. The molecule has 1 fully saturated rings. The second kappa shape index (κ2) is 6.50. The largest absolute Gasteiger partial charge is 0.340 e. The van der Waals surface area contributed by atoms with Crippen molar-refractivity contribution in [1.29, 1.82) is 0 Å². The maximum atomic E-state index is 11.3. The molecule has 0 aromatic heterocycles. The fraction of sp³-hybridized carbons (Fsp3) is 0.500. The molecule has 1 atom stereocenters. The molecule has 1 aliphatic rings. The van der Waals surface area contributed by atoms with Gasteiger partial charge in [0.05, 0.1) is 0 Å². The van der Waals surface area contributed by atoms with Crippen molar-refractivity contribution in [3.05, 3.63) is 34.3 Å². The van der Waals surface area contributed by atoms with Crippen molar-refractivity contribution in [3.8, 4) is 0 Å². The molecule has 0 aliphatic carbocycles. The molecule has 5 heteroatoms. The van der Waals surface area contributed by atoms with Crippen LogP contribution in [-0.4, -0.2) is 48.4 Å². The molecule has 0 bridgehead atoms. The zero-order chi connectivity index (χ0) is 13.8. The Labute approximate surface area is 122 Å². The first-order valence-corrected chi connectivity index (χ1v) is 7.36. The first kappa shape index (κ1) is 14.5. The van der Waals surface area contributed by atoms with E-state index in [1.165, 1.54) is 5.56 Å². The van der Waals surface area contributed by atoms with Crippen LogP contribution in [0.2, 0.25) is 0 Å². The molecule has 1 unspecified atom stereocenters. The number of nitrogens with zero attached hydrogens (tertiary/aromatic N) is 2. The highest BCUT2D eigenvalue weighted by molar-refractivity contribution is 9.10. The fourth-order valence-corrected chi connectivity index (χ4v) is 2.79. The normalized spacial score (nSPS) is 18.4. The highest BCUT2D eigenvalue weighted by Gasteiger charge is 2.24. The Balaban J connectivity index is 2.03. The van der Waals surface area contributed by atoms with Crippen LogP contribution in [0, 0.1) is 0 Å². The Morgan fingerprint density at radius 2 is 1.84 bits per heavy atom. The van der Waals surface area contributed by atoms with Gasteiger partial charge in [0, 0.05) is 50.2 Å². The van der Waals surface area contributed by atoms with E-state index in [0.29, 0.717) is 6.54 Å². The van der Waals surface area contributed by atoms with Crippen molar-refractivity contribution in [2.75, 3.05) is 32.7 Å². The fourth-order valence-electron chi connectivity index (χ4n) is 2.53. The first-order chi connectivity index (χ1) is 9.11. The minimum atomic E-state index is 0.160. The maximum Gasteiger partial charge on any atom is 0.219 e. The van der Waals surface area contributed by atoms with Gasteiger partial charge in [-0.15, -0.1) is 0 Å². The smallest absolute Gasteiger partial charge is 0.219 e. The minimum absolute atomic E-state index is 0.160. The molecule has 1 aromatic carbocycles. The number of amides is 1. The van der Waals surface area contributed by atoms with Gasteiger partial charge in [-0.3, -0.25) is 9.69 Å². The number of carbonyl (C=O) groups is 1. The highest BCUT2D eigenvalue weighted by atomic mass is 79.9. The quantitative estimate of drug-likeness (QED) is 0.918. The number of rotatable bonds is 3. The number of halogens is 1. The summed E-state index contributed by atoms with van der Waals surface area (Å²) in [7, 11) is 0. The standard InChI is InChI=1S/C14H20BrN3O/c1-11(19)17-6-8-18(9-7-17)14(10-16)12-2-4-13(15)5-3-12/h2-5,14H,6-10,16H2,1H3. The molecule has 1 heterocycles. The van der Waals surface area contributed by atoms with E-state index in [4.69, 9.17) is 5.73 Å². The van der Waals surface area contributed by atoms with Crippen LogP contribution in [0.4, 0.5) is 0 Å². The average Bonchev–Trinajstić information content (AvgIpc) is 2.42. The van der Waals surface area contributed by atoms with Crippen LogP contribution in [0.15, 0.2) is 28.7 Å². The predicted octanol–water partition coefficient (Wildman–Crippen LogP) is 1.61. The third-order valence-corrected chi connectivity index (χ3v) is 4.21. The summed E-state index contributed by atoms with van der Waals surface area (Å²) >= 11 is 3.45. The summed E-state index contributed by atoms with van der Waals surface area (Å²) in [5, 5.41) is 0. The lowest BCUT2D eigenvalue weighted by molar-refractivity contribution is -0.130. The molecule has 2 N–H and O–H groups in total. The van der Waals surface area contributed by atoms with E-state index in [1.807, 2.05) is 17.0 Å². The molecule has 0 saturated carbocycles. The van der Waals surface area contributed by atoms with E-state index < -0.39 is 0 Å². The van der Waals surface area contributed by atoms with E-state index in [9.17, 15) is 4.79 Å². The van der Waals surface area contributed by atoms with Crippen molar-refractivity contribution in [2.45, 2.75) is 13.0 Å². The van der Waals surface area contributed by atoms with Crippen LogP contribution in [0.25, 0.3) is 0 Å². The van der Waals surface area contributed by atoms with Gasteiger partial charge in [0.1, 0.15) is 0 Å². The molecule has 2 rings (SSSR count). The van der Waals surface area contributed by atoms with E-state index in [0.717, 1.165) is 30.7 Å². The SMILES string of the molecule is CC(=O)N1CCN(C(CN)c2ccc(Br)cc2)CC1. The van der Waals surface area contributed by atoms with Crippen molar-refractivity contribution in [1.82, 2.24) is 9.80 Å². The molecular formula is C14H20BrN3O. The lowest BCUT2D eigenvalue weighted by Crippen LogP contribution is -2.50. The molecule has 1 aliphatic heterocycles. The summed E-state index contributed by atoms with van der Waals surface area (Å²) in [6.07, 6.45) is 0. The maximum absolute atomic E-state index is 11.3. The van der Waals surface area contributed by atoms with Gasteiger partial charge in [-0.1, -0.05) is 28.1 Å². The predicted molar refractivity (Wildman–Crippen MR) is 79.8 cm³/mol. The lowest BCUT2D eigenvalue weighted by atomic mass is 10.0. The van der Waals surface area contributed by atoms with Crippen molar-refractivity contribution < 1.29 is 4.79 Å². The van der Waals surface area contributed by atoms with Crippen LogP contribution in [0.3, 0.4) is 0 Å². The summed E-state index contributed by atoms with van der Waals surface area (Å²) < 4.78 is 1.08. The van der Waals surface area contributed by atoms with Gasteiger partial charge in [-0.2, -0.15) is 0 Å². The van der Waals surface area contributed by atoms with Gasteiger partial charge in [-0.05, 0) is 17.7 Å². The van der Waals surface area contributed by atoms with Crippen molar-refractivity contribution >= 4 is 21.8 Å². The molecule has 1 aromatic rings. The van der Waals surface area contributed by atoms with Gasteiger partial charge in [0.25, 0.3) is 0 Å². The molecule has 4 nitrogen and oxygen atoms in total. The van der Waals surface area contributed by atoms with Crippen molar-refractivity contribution in [2.24, 2.45) is 5.73 Å². The zero-order valence-electron chi connectivity index (χ0n) is 11.2. The molecule has 0 spiro atoms. The van der Waals surface area contributed by atoms with Crippen LogP contribution in [0.5, 0.6) is 0 Å². The Hall–Kier alpha value is -0.910. The molecule has 0 radical (unpaired) electrons. The van der Waals surface area contributed by atoms with Gasteiger partial charge in [-0.25, -0.2) is 0 Å². The Bertz CT molecular complexity index is 427. The van der Waals surface area contributed by atoms with Crippen LogP contribution < -0.4 is 5.73 Å². The van der Waals surface area contributed by atoms with E-state index in [2.05, 4.69) is 33.0 Å². The summed E-state index contributed by atoms with van der Waals surface area (Å²) in [6.45, 7) is 5.59. The Kier molecular flexibility index (Phi) is 4.96. The summed E-state index contributed by atoms with van der Waals surface area (Å²) in [4.78, 5) is 15.6. The van der Waals surface area contributed by atoms with E-state index >= 15 is 0 Å². The molecule has 19 heavy (non-hydrogen) atoms. The number of nitrogens with two attached hydrogens (primary N) is 1. The Morgan fingerprint density at radius 1 is 1.26 bits per heavy atom. The number of benzene rings is 1. The average molecular weight is 326 g/mol. The summed E-state index contributed by atoms with van der Waals surface area (Å²) in [5.74, 6) is 0.160. The van der Waals surface area contributed by atoms with E-state index in [1.54, 1.807) is 6.92 Å². The molecular weight excluding hydrogens is 306 g/mol. The Morgan fingerprint density at radius 3 is 2.32 bits per heavy atom. The molecule has 1 saturated heterocycles.